The van der Waals surface area contributed by atoms with Crippen molar-refractivity contribution in [2.24, 2.45) is 0 Å². The van der Waals surface area contributed by atoms with Crippen LogP contribution in [0.5, 0.6) is 11.5 Å². The van der Waals surface area contributed by atoms with E-state index in [2.05, 4.69) is 0 Å². The van der Waals surface area contributed by atoms with Gasteiger partial charge in [0, 0.05) is 14.1 Å². The summed E-state index contributed by atoms with van der Waals surface area (Å²) in [5, 5.41) is 0. The number of hydrogen-bond acceptors (Lipinski definition) is 5. The lowest BCUT2D eigenvalue weighted by Gasteiger charge is -2.16. The second-order valence-corrected chi connectivity index (χ2v) is 7.89. The van der Waals surface area contributed by atoms with Crippen molar-refractivity contribution in [2.75, 3.05) is 21.2 Å². The summed E-state index contributed by atoms with van der Waals surface area (Å²) in [5.74, 6) is 0.370. The quantitative estimate of drug-likeness (QED) is 0.603. The standard InChI is InChI=1S/C18H21NO5S/c1-12-10-14(11-17(13(12)2)25(21,22)19(3)4)18(20)24-16-8-6-15(23-5)7-9-16/h6-11H,1-5H3. The lowest BCUT2D eigenvalue weighted by Crippen LogP contribution is -2.24. The highest BCUT2D eigenvalue weighted by atomic mass is 32.2. The molecule has 0 radical (unpaired) electrons. The van der Waals surface area contributed by atoms with E-state index in [0.717, 1.165) is 4.31 Å². The van der Waals surface area contributed by atoms with Gasteiger partial charge in [0.05, 0.1) is 17.6 Å². The maximum atomic E-state index is 12.5. The third-order valence-corrected chi connectivity index (χ3v) is 5.83. The molecule has 0 atom stereocenters. The van der Waals surface area contributed by atoms with Crippen molar-refractivity contribution in [3.05, 3.63) is 53.1 Å². The molecule has 0 saturated carbocycles. The van der Waals surface area contributed by atoms with Crippen LogP contribution in [0.4, 0.5) is 0 Å². The zero-order valence-electron chi connectivity index (χ0n) is 14.9. The Balaban J connectivity index is 2.38. The first-order valence-electron chi connectivity index (χ1n) is 7.57. The van der Waals surface area contributed by atoms with Gasteiger partial charge in [-0.2, -0.15) is 0 Å². The van der Waals surface area contributed by atoms with Crippen LogP contribution in [-0.4, -0.2) is 39.9 Å². The van der Waals surface area contributed by atoms with Gasteiger partial charge in [0.2, 0.25) is 10.0 Å². The first-order valence-corrected chi connectivity index (χ1v) is 9.01. The van der Waals surface area contributed by atoms with Gasteiger partial charge in [-0.15, -0.1) is 0 Å². The Hall–Kier alpha value is -2.38. The summed E-state index contributed by atoms with van der Waals surface area (Å²) in [7, 11) is 0.787. The van der Waals surface area contributed by atoms with E-state index in [1.54, 1.807) is 51.3 Å². The number of aryl methyl sites for hydroxylation is 1. The molecule has 0 saturated heterocycles. The minimum absolute atomic E-state index is 0.0965. The number of esters is 1. The van der Waals surface area contributed by atoms with E-state index >= 15 is 0 Å². The first-order chi connectivity index (χ1) is 11.7. The zero-order valence-corrected chi connectivity index (χ0v) is 15.7. The molecule has 2 aromatic carbocycles. The molecule has 6 nitrogen and oxygen atoms in total. The second-order valence-electron chi connectivity index (χ2n) is 5.77. The average Bonchev–Trinajstić information content (AvgIpc) is 2.57. The predicted octanol–water partition coefficient (Wildman–Crippen LogP) is 2.78. The van der Waals surface area contributed by atoms with Gasteiger partial charge in [0.1, 0.15) is 11.5 Å². The number of ether oxygens (including phenoxy) is 2. The summed E-state index contributed by atoms with van der Waals surface area (Å²) in [6.45, 7) is 3.47. The minimum atomic E-state index is -3.66. The maximum absolute atomic E-state index is 12.5. The molecule has 0 amide bonds. The molecule has 0 aromatic heterocycles. The Labute approximate surface area is 148 Å². The number of sulfonamides is 1. The molecule has 0 aliphatic rings. The Morgan fingerprint density at radius 1 is 1.00 bits per heavy atom. The zero-order chi connectivity index (χ0) is 18.8. The van der Waals surface area contributed by atoms with E-state index in [9.17, 15) is 13.2 Å². The molecule has 0 aliphatic carbocycles. The van der Waals surface area contributed by atoms with Gasteiger partial charge in [0.25, 0.3) is 0 Å². The number of carbonyl (C=O) groups excluding carboxylic acids is 1. The second kappa shape index (κ2) is 7.25. The van der Waals surface area contributed by atoms with Crippen LogP contribution in [0.2, 0.25) is 0 Å². The maximum Gasteiger partial charge on any atom is 0.343 e. The van der Waals surface area contributed by atoms with Crippen LogP contribution in [0, 0.1) is 13.8 Å². The summed E-state index contributed by atoms with van der Waals surface area (Å²) in [5.41, 5.74) is 1.48. The molecule has 0 unspecified atom stereocenters. The van der Waals surface area contributed by atoms with Crippen molar-refractivity contribution in [1.29, 1.82) is 0 Å². The smallest absolute Gasteiger partial charge is 0.343 e. The fourth-order valence-corrected chi connectivity index (χ4v) is 3.44. The molecule has 2 aromatic rings. The SMILES string of the molecule is COc1ccc(OC(=O)c2cc(C)c(C)c(S(=O)(=O)N(C)C)c2)cc1. The third kappa shape index (κ3) is 4.00. The van der Waals surface area contributed by atoms with E-state index in [4.69, 9.17) is 9.47 Å². The van der Waals surface area contributed by atoms with E-state index in [0.29, 0.717) is 22.6 Å². The molecule has 2 rings (SSSR count). The first kappa shape index (κ1) is 19.0. The molecule has 0 N–H and O–H groups in total. The molecule has 25 heavy (non-hydrogen) atoms. The Morgan fingerprint density at radius 2 is 1.56 bits per heavy atom. The minimum Gasteiger partial charge on any atom is -0.497 e. The van der Waals surface area contributed by atoms with E-state index in [1.165, 1.54) is 20.2 Å². The lowest BCUT2D eigenvalue weighted by molar-refractivity contribution is 0.0734. The highest BCUT2D eigenvalue weighted by Gasteiger charge is 2.23. The van der Waals surface area contributed by atoms with Gasteiger partial charge in [-0.1, -0.05) is 0 Å². The highest BCUT2D eigenvalue weighted by molar-refractivity contribution is 7.89. The van der Waals surface area contributed by atoms with Crippen LogP contribution in [0.1, 0.15) is 21.5 Å². The summed E-state index contributed by atoms with van der Waals surface area (Å²) in [6, 6.07) is 9.53. The number of methoxy groups -OCH3 is 1. The molecule has 7 heteroatoms. The fourth-order valence-electron chi connectivity index (χ4n) is 2.22. The van der Waals surface area contributed by atoms with E-state index in [-0.39, 0.29) is 10.5 Å². The molecule has 0 aliphatic heterocycles. The van der Waals surface area contributed by atoms with Crippen LogP contribution in [0.25, 0.3) is 0 Å². The fraction of sp³-hybridized carbons (Fsp3) is 0.278. The Morgan fingerprint density at radius 3 is 2.08 bits per heavy atom. The van der Waals surface area contributed by atoms with Crippen LogP contribution in [0.3, 0.4) is 0 Å². The average molecular weight is 363 g/mol. The third-order valence-electron chi connectivity index (χ3n) is 3.88. The summed E-state index contributed by atoms with van der Waals surface area (Å²) in [6.07, 6.45) is 0. The highest BCUT2D eigenvalue weighted by Crippen LogP contribution is 2.25. The monoisotopic (exact) mass is 363 g/mol. The van der Waals surface area contributed by atoms with Gasteiger partial charge in [-0.3, -0.25) is 0 Å². The Bertz CT molecular complexity index is 886. The number of carbonyl (C=O) groups is 1. The Kier molecular flexibility index (Phi) is 5.49. The molecule has 0 spiro atoms. The van der Waals surface area contributed by atoms with Crippen molar-refractivity contribution >= 4 is 16.0 Å². The molecule has 0 heterocycles. The summed E-state index contributed by atoms with van der Waals surface area (Å²) < 4.78 is 36.4. The van der Waals surface area contributed by atoms with Crippen LogP contribution in [-0.2, 0) is 10.0 Å². The van der Waals surface area contributed by atoms with Crippen molar-refractivity contribution in [2.45, 2.75) is 18.7 Å². The number of nitrogens with zero attached hydrogens (tertiary/aromatic N) is 1. The van der Waals surface area contributed by atoms with E-state index in [1.807, 2.05) is 0 Å². The summed E-state index contributed by atoms with van der Waals surface area (Å²) in [4.78, 5) is 12.5. The van der Waals surface area contributed by atoms with Gasteiger partial charge in [-0.25, -0.2) is 17.5 Å². The number of hydrogen-bond donors (Lipinski definition) is 0. The molecule has 0 bridgehead atoms. The van der Waals surface area contributed by atoms with Crippen LogP contribution < -0.4 is 9.47 Å². The van der Waals surface area contributed by atoms with Crippen molar-refractivity contribution in [3.8, 4) is 11.5 Å². The summed E-state index contributed by atoms with van der Waals surface area (Å²) >= 11 is 0. The van der Waals surface area contributed by atoms with Crippen LogP contribution >= 0.6 is 0 Å². The predicted molar refractivity (Wildman–Crippen MR) is 94.7 cm³/mol. The molecule has 0 fully saturated rings. The van der Waals surface area contributed by atoms with Crippen molar-refractivity contribution < 1.29 is 22.7 Å². The lowest BCUT2D eigenvalue weighted by atomic mass is 10.1. The van der Waals surface area contributed by atoms with Gasteiger partial charge < -0.3 is 9.47 Å². The van der Waals surface area contributed by atoms with Gasteiger partial charge in [0.15, 0.2) is 0 Å². The number of benzene rings is 2. The van der Waals surface area contributed by atoms with Crippen molar-refractivity contribution in [1.82, 2.24) is 4.31 Å². The van der Waals surface area contributed by atoms with E-state index < -0.39 is 16.0 Å². The van der Waals surface area contributed by atoms with Crippen LogP contribution in [0.15, 0.2) is 41.3 Å². The molecular weight excluding hydrogens is 342 g/mol. The van der Waals surface area contributed by atoms with Gasteiger partial charge in [-0.05, 0) is 61.4 Å². The topological polar surface area (TPSA) is 72.9 Å². The largest absolute Gasteiger partial charge is 0.497 e. The number of rotatable bonds is 5. The normalized spacial score (nSPS) is 11.4. The molecular formula is C18H21NO5S. The van der Waals surface area contributed by atoms with Crippen molar-refractivity contribution in [3.63, 3.8) is 0 Å². The van der Waals surface area contributed by atoms with Gasteiger partial charge >= 0.3 is 5.97 Å². The molecule has 134 valence electrons.